The highest BCUT2D eigenvalue weighted by molar-refractivity contribution is 7.18. The molecule has 0 unspecified atom stereocenters. The second kappa shape index (κ2) is 4.76. The number of thiophene rings is 1. The van der Waals surface area contributed by atoms with E-state index in [1.54, 1.807) is 12.1 Å². The zero-order valence-corrected chi connectivity index (χ0v) is 8.90. The molecule has 0 fully saturated rings. The Balaban J connectivity index is 2.67. The van der Waals surface area contributed by atoms with Crippen LogP contribution in [0.15, 0.2) is 12.1 Å². The lowest BCUT2D eigenvalue weighted by molar-refractivity contribution is -0.114. The Morgan fingerprint density at radius 2 is 2.14 bits per heavy atom. The number of amides is 2. The third-order valence-corrected chi connectivity index (χ3v) is 2.47. The van der Waals surface area contributed by atoms with Crippen molar-refractivity contribution in [1.29, 1.82) is 0 Å². The number of carbonyl (C=O) groups is 2. The summed E-state index contributed by atoms with van der Waals surface area (Å²) in [6.07, 6.45) is 0. The van der Waals surface area contributed by atoms with E-state index in [1.165, 1.54) is 18.3 Å². The van der Waals surface area contributed by atoms with Gasteiger partial charge in [-0.2, -0.15) is 0 Å². The minimum Gasteiger partial charge on any atom is -0.352 e. The first-order valence-corrected chi connectivity index (χ1v) is 5.10. The molecule has 0 aliphatic carbocycles. The Kier molecular flexibility index (Phi) is 3.64. The molecule has 0 radical (unpaired) electrons. The SMILES string of the molecule is CCNC(=O)c1ccc(NC(C)=O)s1. The smallest absolute Gasteiger partial charge is 0.261 e. The van der Waals surface area contributed by atoms with Gasteiger partial charge in [-0.05, 0) is 19.1 Å². The first kappa shape index (κ1) is 10.7. The van der Waals surface area contributed by atoms with E-state index in [0.29, 0.717) is 16.4 Å². The average molecular weight is 212 g/mol. The molecule has 0 bridgehead atoms. The van der Waals surface area contributed by atoms with Crippen molar-refractivity contribution in [2.75, 3.05) is 11.9 Å². The Hall–Kier alpha value is -1.36. The van der Waals surface area contributed by atoms with Crippen molar-refractivity contribution >= 4 is 28.2 Å². The molecule has 2 N–H and O–H groups in total. The number of nitrogens with one attached hydrogen (secondary N) is 2. The fraction of sp³-hybridized carbons (Fsp3) is 0.333. The summed E-state index contributed by atoms with van der Waals surface area (Å²) in [7, 11) is 0. The summed E-state index contributed by atoms with van der Waals surface area (Å²) in [6, 6.07) is 3.41. The number of carbonyl (C=O) groups excluding carboxylic acids is 2. The van der Waals surface area contributed by atoms with Gasteiger partial charge in [0.25, 0.3) is 5.91 Å². The first-order chi connectivity index (χ1) is 6.63. The summed E-state index contributed by atoms with van der Waals surface area (Å²) in [6.45, 7) is 3.90. The number of hydrogen-bond acceptors (Lipinski definition) is 3. The molecule has 0 saturated carbocycles. The lowest BCUT2D eigenvalue weighted by atomic mass is 10.4. The van der Waals surface area contributed by atoms with Gasteiger partial charge in [-0.25, -0.2) is 0 Å². The maximum absolute atomic E-state index is 11.3. The van der Waals surface area contributed by atoms with Crippen molar-refractivity contribution in [1.82, 2.24) is 5.32 Å². The highest BCUT2D eigenvalue weighted by Crippen LogP contribution is 2.21. The number of anilines is 1. The van der Waals surface area contributed by atoms with Crippen LogP contribution in [0.3, 0.4) is 0 Å². The van der Waals surface area contributed by atoms with Gasteiger partial charge >= 0.3 is 0 Å². The van der Waals surface area contributed by atoms with Crippen LogP contribution in [0.1, 0.15) is 23.5 Å². The Morgan fingerprint density at radius 3 is 2.71 bits per heavy atom. The molecule has 0 atom stereocenters. The highest BCUT2D eigenvalue weighted by atomic mass is 32.1. The molecule has 76 valence electrons. The number of rotatable bonds is 3. The molecule has 2 amide bonds. The standard InChI is InChI=1S/C9H12N2O2S/c1-3-10-9(13)7-4-5-8(14-7)11-6(2)12/h4-5H,3H2,1-2H3,(H,10,13)(H,11,12). The fourth-order valence-corrected chi connectivity index (χ4v) is 1.82. The maximum atomic E-state index is 11.3. The zero-order chi connectivity index (χ0) is 10.6. The van der Waals surface area contributed by atoms with E-state index < -0.39 is 0 Å². The van der Waals surface area contributed by atoms with Gasteiger partial charge in [0.05, 0.1) is 9.88 Å². The first-order valence-electron chi connectivity index (χ1n) is 4.29. The van der Waals surface area contributed by atoms with E-state index in [4.69, 9.17) is 0 Å². The predicted octanol–water partition coefficient (Wildman–Crippen LogP) is 1.46. The molecular formula is C9H12N2O2S. The van der Waals surface area contributed by atoms with Crippen LogP contribution >= 0.6 is 11.3 Å². The van der Waals surface area contributed by atoms with Crippen LogP contribution in [0.5, 0.6) is 0 Å². The second-order valence-corrected chi connectivity index (χ2v) is 3.79. The summed E-state index contributed by atoms with van der Waals surface area (Å²) >= 11 is 1.27. The van der Waals surface area contributed by atoms with Gasteiger partial charge in [0.15, 0.2) is 0 Å². The fourth-order valence-electron chi connectivity index (χ4n) is 0.948. The van der Waals surface area contributed by atoms with E-state index in [1.807, 2.05) is 6.92 Å². The van der Waals surface area contributed by atoms with Crippen LogP contribution in [0, 0.1) is 0 Å². The third kappa shape index (κ3) is 2.85. The zero-order valence-electron chi connectivity index (χ0n) is 8.09. The van der Waals surface area contributed by atoms with E-state index in [2.05, 4.69) is 10.6 Å². The van der Waals surface area contributed by atoms with E-state index >= 15 is 0 Å². The molecule has 0 aromatic carbocycles. The molecule has 1 heterocycles. The van der Waals surface area contributed by atoms with Crippen molar-refractivity contribution in [3.05, 3.63) is 17.0 Å². The lowest BCUT2D eigenvalue weighted by Crippen LogP contribution is -2.21. The maximum Gasteiger partial charge on any atom is 0.261 e. The van der Waals surface area contributed by atoms with Crippen LogP contribution in [0.25, 0.3) is 0 Å². The Morgan fingerprint density at radius 1 is 1.43 bits per heavy atom. The molecule has 1 aromatic rings. The third-order valence-electron chi connectivity index (χ3n) is 1.47. The lowest BCUT2D eigenvalue weighted by Gasteiger charge is -1.97. The average Bonchev–Trinajstić information content (AvgIpc) is 2.52. The van der Waals surface area contributed by atoms with Gasteiger partial charge < -0.3 is 10.6 Å². The summed E-state index contributed by atoms with van der Waals surface area (Å²) in [5.41, 5.74) is 0. The van der Waals surface area contributed by atoms with Crippen LogP contribution in [0.4, 0.5) is 5.00 Å². The van der Waals surface area contributed by atoms with Gasteiger partial charge in [0.1, 0.15) is 0 Å². The molecule has 0 saturated heterocycles. The Bertz CT molecular complexity index is 346. The molecule has 5 heteroatoms. The van der Waals surface area contributed by atoms with Crippen LogP contribution in [-0.4, -0.2) is 18.4 Å². The van der Waals surface area contributed by atoms with Crippen LogP contribution in [0.2, 0.25) is 0 Å². The highest BCUT2D eigenvalue weighted by Gasteiger charge is 2.07. The second-order valence-electron chi connectivity index (χ2n) is 2.70. The van der Waals surface area contributed by atoms with E-state index in [0.717, 1.165) is 0 Å². The Labute approximate surface area is 86.3 Å². The number of hydrogen-bond donors (Lipinski definition) is 2. The molecule has 1 rings (SSSR count). The van der Waals surface area contributed by atoms with Gasteiger partial charge in [-0.15, -0.1) is 11.3 Å². The minimum atomic E-state index is -0.130. The monoisotopic (exact) mass is 212 g/mol. The van der Waals surface area contributed by atoms with Gasteiger partial charge in [0.2, 0.25) is 5.91 Å². The normalized spacial score (nSPS) is 9.57. The van der Waals surface area contributed by atoms with Crippen molar-refractivity contribution in [2.45, 2.75) is 13.8 Å². The summed E-state index contributed by atoms with van der Waals surface area (Å²) in [4.78, 5) is 22.7. The molecule has 0 aliphatic rings. The largest absolute Gasteiger partial charge is 0.352 e. The minimum absolute atomic E-state index is 0.103. The van der Waals surface area contributed by atoms with Gasteiger partial charge in [-0.1, -0.05) is 0 Å². The molecule has 14 heavy (non-hydrogen) atoms. The summed E-state index contributed by atoms with van der Waals surface area (Å²) in [5.74, 6) is -0.233. The topological polar surface area (TPSA) is 58.2 Å². The molecule has 4 nitrogen and oxygen atoms in total. The van der Waals surface area contributed by atoms with Crippen LogP contribution in [-0.2, 0) is 4.79 Å². The van der Waals surface area contributed by atoms with Crippen molar-refractivity contribution in [3.63, 3.8) is 0 Å². The molecule has 0 spiro atoms. The molecular weight excluding hydrogens is 200 g/mol. The van der Waals surface area contributed by atoms with Crippen LogP contribution < -0.4 is 10.6 Å². The van der Waals surface area contributed by atoms with E-state index in [-0.39, 0.29) is 11.8 Å². The van der Waals surface area contributed by atoms with E-state index in [9.17, 15) is 9.59 Å². The summed E-state index contributed by atoms with van der Waals surface area (Å²) in [5, 5.41) is 6.00. The van der Waals surface area contributed by atoms with Crippen molar-refractivity contribution in [2.24, 2.45) is 0 Å². The van der Waals surface area contributed by atoms with Crippen molar-refractivity contribution in [3.8, 4) is 0 Å². The summed E-state index contributed by atoms with van der Waals surface area (Å²) < 4.78 is 0. The van der Waals surface area contributed by atoms with Gasteiger partial charge in [0, 0.05) is 13.5 Å². The van der Waals surface area contributed by atoms with Gasteiger partial charge in [-0.3, -0.25) is 9.59 Å². The van der Waals surface area contributed by atoms with Crippen molar-refractivity contribution < 1.29 is 9.59 Å². The quantitative estimate of drug-likeness (QED) is 0.796. The predicted molar refractivity (Wildman–Crippen MR) is 56.6 cm³/mol. The molecule has 1 aromatic heterocycles. The molecule has 0 aliphatic heterocycles.